The van der Waals surface area contributed by atoms with Gasteiger partial charge in [0.15, 0.2) is 6.04 Å². The number of phosphoric ester groups is 1. The van der Waals surface area contributed by atoms with Gasteiger partial charge in [-0.05, 0) is 38.5 Å². The number of allylic oxidation sites excluding steroid dienone is 2. The van der Waals surface area contributed by atoms with Crippen molar-refractivity contribution >= 4 is 25.7 Å². The summed E-state index contributed by atoms with van der Waals surface area (Å²) < 4.78 is 26.5. The Bertz CT molecular complexity index is 838. The van der Waals surface area contributed by atoms with Gasteiger partial charge in [0.1, 0.15) is 12.7 Å². The van der Waals surface area contributed by atoms with Crippen molar-refractivity contribution in [1.82, 2.24) is 5.32 Å². The molecule has 0 rings (SSSR count). The van der Waals surface area contributed by atoms with Crippen LogP contribution in [0.15, 0.2) is 12.2 Å². The summed E-state index contributed by atoms with van der Waals surface area (Å²) in [5, 5.41) is 21.6. The number of carbonyl (C=O) groups excluding carboxylic acids is 2. The second kappa shape index (κ2) is 29.6. The number of amides is 1. The zero-order valence-corrected chi connectivity index (χ0v) is 28.8. The van der Waals surface area contributed by atoms with Crippen LogP contribution in [0.4, 0.5) is 0 Å². The molecule has 0 aliphatic heterocycles. The molecular formula is C33H62NO10P. The van der Waals surface area contributed by atoms with Gasteiger partial charge in [-0.15, -0.1) is 0 Å². The van der Waals surface area contributed by atoms with E-state index in [1.807, 2.05) is 0 Å². The molecule has 0 bridgehead atoms. The molecule has 3 unspecified atom stereocenters. The summed E-state index contributed by atoms with van der Waals surface area (Å²) in [6, 6.07) is -1.54. The molecule has 4 N–H and O–H groups in total. The zero-order chi connectivity index (χ0) is 33.6. The van der Waals surface area contributed by atoms with E-state index in [0.29, 0.717) is 12.8 Å². The Morgan fingerprint density at radius 2 is 1.16 bits per heavy atom. The van der Waals surface area contributed by atoms with Gasteiger partial charge in [-0.1, -0.05) is 109 Å². The third kappa shape index (κ3) is 29.4. The maximum absolute atomic E-state index is 12.2. The number of aliphatic hydroxyl groups excluding tert-OH is 1. The Morgan fingerprint density at radius 3 is 1.69 bits per heavy atom. The minimum atomic E-state index is -4.74. The minimum absolute atomic E-state index is 0.138. The average Bonchev–Trinajstić information content (AvgIpc) is 3.00. The van der Waals surface area contributed by atoms with Gasteiger partial charge < -0.3 is 25.2 Å². The lowest BCUT2D eigenvalue weighted by Crippen LogP contribution is -2.43. The first-order valence-corrected chi connectivity index (χ1v) is 18.7. The number of phosphoric acid groups is 1. The largest absolute Gasteiger partial charge is 0.480 e. The van der Waals surface area contributed by atoms with Crippen LogP contribution in [0.3, 0.4) is 0 Å². The zero-order valence-electron chi connectivity index (χ0n) is 27.9. The summed E-state index contributed by atoms with van der Waals surface area (Å²) in [6.45, 7) is 2.48. The van der Waals surface area contributed by atoms with Crippen molar-refractivity contribution in [2.45, 2.75) is 161 Å². The molecule has 3 atom stereocenters. The van der Waals surface area contributed by atoms with Crippen molar-refractivity contribution in [3.63, 3.8) is 0 Å². The number of rotatable bonds is 32. The maximum atomic E-state index is 12.2. The van der Waals surface area contributed by atoms with Crippen LogP contribution in [0.5, 0.6) is 0 Å². The van der Waals surface area contributed by atoms with E-state index in [0.717, 1.165) is 57.8 Å². The second-order valence-corrected chi connectivity index (χ2v) is 13.2. The molecule has 264 valence electrons. The molecule has 0 saturated heterocycles. The van der Waals surface area contributed by atoms with Crippen molar-refractivity contribution in [1.29, 1.82) is 0 Å². The first-order chi connectivity index (χ1) is 21.6. The van der Waals surface area contributed by atoms with Crippen LogP contribution < -0.4 is 5.32 Å². The lowest BCUT2D eigenvalue weighted by atomic mass is 10.1. The van der Waals surface area contributed by atoms with Gasteiger partial charge in [-0.25, -0.2) is 9.36 Å². The highest BCUT2D eigenvalue weighted by atomic mass is 31.2. The van der Waals surface area contributed by atoms with E-state index in [9.17, 15) is 34.1 Å². The van der Waals surface area contributed by atoms with Crippen molar-refractivity contribution in [3.8, 4) is 0 Å². The Morgan fingerprint density at radius 1 is 0.689 bits per heavy atom. The van der Waals surface area contributed by atoms with Gasteiger partial charge in [0.25, 0.3) is 0 Å². The number of unbranched alkanes of at least 4 members (excludes halogenated alkanes) is 16. The molecule has 0 spiro atoms. The van der Waals surface area contributed by atoms with Gasteiger partial charge >= 0.3 is 19.8 Å². The fourth-order valence-corrected chi connectivity index (χ4v) is 5.32. The summed E-state index contributed by atoms with van der Waals surface area (Å²) in [4.78, 5) is 45.4. The number of hydrogen-bond acceptors (Lipinski definition) is 8. The lowest BCUT2D eigenvalue weighted by Gasteiger charge is -2.18. The molecule has 0 aromatic rings. The summed E-state index contributed by atoms with van der Waals surface area (Å²) in [7, 11) is -4.74. The summed E-state index contributed by atoms with van der Waals surface area (Å²) in [5.41, 5.74) is 0. The molecule has 0 saturated carbocycles. The van der Waals surface area contributed by atoms with Gasteiger partial charge in [0.05, 0.1) is 13.2 Å². The summed E-state index contributed by atoms with van der Waals surface area (Å²) in [6.07, 6.45) is 24.1. The molecule has 45 heavy (non-hydrogen) atoms. The average molecular weight is 664 g/mol. The number of ether oxygens (including phenoxy) is 1. The number of hydrogen-bond donors (Lipinski definition) is 4. The monoisotopic (exact) mass is 663 g/mol. The Balaban J connectivity index is 4.03. The summed E-state index contributed by atoms with van der Waals surface area (Å²) >= 11 is 0. The molecule has 1 amide bonds. The molecule has 0 radical (unpaired) electrons. The predicted octanol–water partition coefficient (Wildman–Crippen LogP) is 7.38. The van der Waals surface area contributed by atoms with Crippen molar-refractivity contribution in [3.05, 3.63) is 12.2 Å². The third-order valence-electron chi connectivity index (χ3n) is 7.30. The standard InChI is InChI=1S/C33H62NO10P/c1-3-5-7-9-11-12-13-14-15-16-17-19-20-22-24-31(36)34-30(33(38)39)28-44-45(40,41)43-27-29(35)26-42-32(37)25-23-21-18-10-8-6-4-2/h13-14,29-30,35H,3-12,15-28H2,1-2H3,(H,34,36)(H,38,39)(H,40,41)/b14-13-. The fourth-order valence-electron chi connectivity index (χ4n) is 4.54. The SMILES string of the molecule is CCCCCCC/C=C\CCCCCCCC(=O)NC(COP(=O)(O)OCC(O)COC(=O)CCCCCCCCC)C(=O)O. The van der Waals surface area contributed by atoms with Gasteiger partial charge in [0.2, 0.25) is 5.91 Å². The quantitative estimate of drug-likeness (QED) is 0.0247. The van der Waals surface area contributed by atoms with Crippen LogP contribution in [-0.2, 0) is 32.7 Å². The van der Waals surface area contributed by atoms with Gasteiger partial charge in [-0.3, -0.25) is 18.6 Å². The molecule has 0 aromatic heterocycles. The van der Waals surface area contributed by atoms with Gasteiger partial charge in [-0.2, -0.15) is 0 Å². The minimum Gasteiger partial charge on any atom is -0.480 e. The topological polar surface area (TPSA) is 169 Å². The molecular weight excluding hydrogens is 601 g/mol. The van der Waals surface area contributed by atoms with Crippen LogP contribution in [-0.4, -0.2) is 64.9 Å². The number of carbonyl (C=O) groups is 3. The molecule has 11 nitrogen and oxygen atoms in total. The molecule has 0 aliphatic carbocycles. The molecule has 0 fully saturated rings. The van der Waals surface area contributed by atoms with E-state index >= 15 is 0 Å². The smallest absolute Gasteiger partial charge is 0.472 e. The molecule has 0 aromatic carbocycles. The lowest BCUT2D eigenvalue weighted by molar-refractivity contribution is -0.147. The van der Waals surface area contributed by atoms with E-state index in [2.05, 4.69) is 31.3 Å². The normalized spacial score (nSPS) is 14.2. The molecule has 12 heteroatoms. The second-order valence-electron chi connectivity index (χ2n) is 11.7. The number of aliphatic hydroxyl groups is 1. The predicted molar refractivity (Wildman–Crippen MR) is 176 cm³/mol. The first kappa shape index (κ1) is 43.2. The molecule has 0 aliphatic rings. The van der Waals surface area contributed by atoms with Crippen LogP contribution in [0.25, 0.3) is 0 Å². The van der Waals surface area contributed by atoms with Crippen LogP contribution in [0.2, 0.25) is 0 Å². The number of esters is 1. The first-order valence-electron chi connectivity index (χ1n) is 17.2. The van der Waals surface area contributed by atoms with Crippen molar-refractivity contribution in [2.75, 3.05) is 19.8 Å². The highest BCUT2D eigenvalue weighted by molar-refractivity contribution is 7.47. The number of carboxylic acid groups (broad SMARTS) is 1. The Hall–Kier alpha value is -1.78. The number of nitrogens with one attached hydrogen (secondary N) is 1. The van der Waals surface area contributed by atoms with Crippen molar-refractivity contribution in [2.24, 2.45) is 0 Å². The third-order valence-corrected chi connectivity index (χ3v) is 8.26. The fraction of sp³-hybridized carbons (Fsp3) is 0.848. The number of aliphatic carboxylic acids is 1. The maximum Gasteiger partial charge on any atom is 0.472 e. The van der Waals surface area contributed by atoms with Gasteiger partial charge in [0, 0.05) is 12.8 Å². The Labute approximate surface area is 271 Å². The molecule has 0 heterocycles. The highest BCUT2D eigenvalue weighted by Gasteiger charge is 2.28. The van der Waals surface area contributed by atoms with Crippen LogP contribution in [0.1, 0.15) is 149 Å². The van der Waals surface area contributed by atoms with Crippen LogP contribution >= 0.6 is 7.82 Å². The van der Waals surface area contributed by atoms with E-state index in [1.165, 1.54) is 51.4 Å². The Kier molecular flexibility index (Phi) is 28.4. The summed E-state index contributed by atoms with van der Waals surface area (Å²) in [5.74, 6) is -2.39. The number of carboxylic acids is 1. The van der Waals surface area contributed by atoms with E-state index in [-0.39, 0.29) is 12.8 Å². The van der Waals surface area contributed by atoms with Crippen LogP contribution in [0, 0.1) is 0 Å². The van der Waals surface area contributed by atoms with E-state index < -0.39 is 57.6 Å². The van der Waals surface area contributed by atoms with E-state index in [4.69, 9.17) is 13.8 Å². The van der Waals surface area contributed by atoms with Crippen molar-refractivity contribution < 1.29 is 47.8 Å². The van der Waals surface area contributed by atoms with E-state index in [1.54, 1.807) is 0 Å². The highest BCUT2D eigenvalue weighted by Crippen LogP contribution is 2.43.